The summed E-state index contributed by atoms with van der Waals surface area (Å²) in [5, 5.41) is 13.5. The van der Waals surface area contributed by atoms with Crippen molar-refractivity contribution in [2.45, 2.75) is 6.92 Å². The SMILES string of the molecule is Cc1c[nH]c(=O)n1-c1ccc(C(=O)OCC(=O)Nc2ccc(Cl)cc2[N+](=O)[O-])cc1. The Kier molecular flexibility index (Phi) is 5.98. The molecule has 0 fully saturated rings. The highest BCUT2D eigenvalue weighted by Gasteiger charge is 2.18. The van der Waals surface area contributed by atoms with Crippen LogP contribution in [0.5, 0.6) is 0 Å². The largest absolute Gasteiger partial charge is 0.452 e. The van der Waals surface area contributed by atoms with Gasteiger partial charge in [0, 0.05) is 23.0 Å². The summed E-state index contributed by atoms with van der Waals surface area (Å²) in [6.07, 6.45) is 1.56. The van der Waals surface area contributed by atoms with Gasteiger partial charge >= 0.3 is 11.7 Å². The number of carbonyl (C=O) groups excluding carboxylic acids is 2. The number of hydrogen-bond donors (Lipinski definition) is 2. The lowest BCUT2D eigenvalue weighted by Crippen LogP contribution is -2.21. The highest BCUT2D eigenvalue weighted by molar-refractivity contribution is 6.31. The number of aryl methyl sites for hydroxylation is 1. The Hall–Kier alpha value is -3.92. The lowest BCUT2D eigenvalue weighted by Gasteiger charge is -2.08. The molecule has 30 heavy (non-hydrogen) atoms. The zero-order chi connectivity index (χ0) is 21.8. The van der Waals surface area contributed by atoms with Crippen molar-refractivity contribution < 1.29 is 19.2 Å². The van der Waals surface area contributed by atoms with Gasteiger partial charge in [0.25, 0.3) is 11.6 Å². The molecule has 0 atom stereocenters. The van der Waals surface area contributed by atoms with Gasteiger partial charge in [-0.2, -0.15) is 0 Å². The number of nitro benzene ring substituents is 1. The topological polar surface area (TPSA) is 136 Å². The van der Waals surface area contributed by atoms with Crippen molar-refractivity contribution in [2.75, 3.05) is 11.9 Å². The molecule has 154 valence electrons. The summed E-state index contributed by atoms with van der Waals surface area (Å²) in [5.74, 6) is -1.51. The van der Waals surface area contributed by atoms with Crippen LogP contribution in [-0.2, 0) is 9.53 Å². The molecule has 1 aromatic heterocycles. The first-order valence-corrected chi connectivity index (χ1v) is 8.92. The minimum absolute atomic E-state index is 0.0675. The standard InChI is InChI=1S/C19H15ClN4O6/c1-11-9-21-19(27)23(11)14-5-2-12(3-6-14)18(26)30-10-17(25)22-15-7-4-13(20)8-16(15)24(28)29/h2-9H,10H2,1H3,(H,21,27)(H,22,25). The van der Waals surface area contributed by atoms with Crippen LogP contribution in [0.3, 0.4) is 0 Å². The van der Waals surface area contributed by atoms with E-state index in [2.05, 4.69) is 10.3 Å². The zero-order valence-electron chi connectivity index (χ0n) is 15.5. The number of carbonyl (C=O) groups is 2. The predicted molar refractivity (Wildman–Crippen MR) is 108 cm³/mol. The molecule has 3 aromatic rings. The first-order valence-electron chi connectivity index (χ1n) is 8.54. The van der Waals surface area contributed by atoms with Gasteiger partial charge in [-0.25, -0.2) is 9.59 Å². The Balaban J connectivity index is 1.63. The van der Waals surface area contributed by atoms with Crippen molar-refractivity contribution in [3.63, 3.8) is 0 Å². The van der Waals surface area contributed by atoms with E-state index in [4.69, 9.17) is 16.3 Å². The van der Waals surface area contributed by atoms with Gasteiger partial charge in [0.05, 0.1) is 16.2 Å². The zero-order valence-corrected chi connectivity index (χ0v) is 16.3. The molecule has 10 nitrogen and oxygen atoms in total. The first kappa shape index (κ1) is 20.8. The summed E-state index contributed by atoms with van der Waals surface area (Å²) in [6.45, 7) is 1.11. The number of benzene rings is 2. The van der Waals surface area contributed by atoms with Gasteiger partial charge in [0.15, 0.2) is 6.61 Å². The maximum atomic E-state index is 12.2. The minimum atomic E-state index is -0.763. The van der Waals surface area contributed by atoms with Gasteiger partial charge in [0.2, 0.25) is 0 Å². The smallest absolute Gasteiger partial charge is 0.338 e. The molecule has 0 bridgehead atoms. The molecule has 0 unspecified atom stereocenters. The third-order valence-corrected chi connectivity index (χ3v) is 4.32. The summed E-state index contributed by atoms with van der Waals surface area (Å²) >= 11 is 5.72. The number of halogens is 1. The second-order valence-electron chi connectivity index (χ2n) is 6.16. The molecule has 0 aliphatic rings. The molecule has 1 heterocycles. The Morgan fingerprint density at radius 2 is 1.93 bits per heavy atom. The van der Waals surface area contributed by atoms with E-state index in [-0.39, 0.29) is 27.7 Å². The van der Waals surface area contributed by atoms with Crippen molar-refractivity contribution in [3.8, 4) is 5.69 Å². The van der Waals surface area contributed by atoms with Crippen LogP contribution in [0.25, 0.3) is 5.69 Å². The minimum Gasteiger partial charge on any atom is -0.452 e. The van der Waals surface area contributed by atoms with Crippen LogP contribution in [0.15, 0.2) is 53.5 Å². The third-order valence-electron chi connectivity index (χ3n) is 4.09. The third kappa shape index (κ3) is 4.55. The summed E-state index contributed by atoms with van der Waals surface area (Å²) < 4.78 is 6.37. The van der Waals surface area contributed by atoms with Gasteiger partial charge < -0.3 is 15.0 Å². The van der Waals surface area contributed by atoms with E-state index < -0.39 is 23.4 Å². The number of hydrogen-bond acceptors (Lipinski definition) is 6. The number of nitro groups is 1. The fraction of sp³-hybridized carbons (Fsp3) is 0.105. The number of nitrogens with zero attached hydrogens (tertiary/aromatic N) is 2. The number of amides is 1. The van der Waals surface area contributed by atoms with Crippen LogP contribution < -0.4 is 11.0 Å². The number of aromatic amines is 1. The maximum Gasteiger partial charge on any atom is 0.338 e. The van der Waals surface area contributed by atoms with Crippen molar-refractivity contribution in [2.24, 2.45) is 0 Å². The average molecular weight is 431 g/mol. The molecule has 0 saturated carbocycles. The van der Waals surface area contributed by atoms with Crippen LogP contribution in [0.4, 0.5) is 11.4 Å². The number of esters is 1. The van der Waals surface area contributed by atoms with E-state index >= 15 is 0 Å². The number of aromatic nitrogens is 2. The molecule has 0 saturated heterocycles. The summed E-state index contributed by atoms with van der Waals surface area (Å²) in [5.41, 5.74) is 0.669. The van der Waals surface area contributed by atoms with Crippen molar-refractivity contribution in [1.82, 2.24) is 9.55 Å². The van der Waals surface area contributed by atoms with Gasteiger partial charge in [-0.1, -0.05) is 11.6 Å². The summed E-state index contributed by atoms with van der Waals surface area (Å²) in [4.78, 5) is 48.9. The van der Waals surface area contributed by atoms with Crippen molar-refractivity contribution >= 4 is 34.9 Å². The van der Waals surface area contributed by atoms with Crippen LogP contribution in [0.1, 0.15) is 16.1 Å². The Bertz CT molecular complexity index is 1180. The highest BCUT2D eigenvalue weighted by Crippen LogP contribution is 2.27. The second kappa shape index (κ2) is 8.62. The maximum absolute atomic E-state index is 12.2. The van der Waals surface area contributed by atoms with Gasteiger partial charge in [0.1, 0.15) is 5.69 Å². The molecule has 1 amide bonds. The van der Waals surface area contributed by atoms with E-state index in [0.29, 0.717) is 11.4 Å². The first-order chi connectivity index (χ1) is 14.3. The fourth-order valence-corrected chi connectivity index (χ4v) is 2.85. The fourth-order valence-electron chi connectivity index (χ4n) is 2.69. The van der Waals surface area contributed by atoms with E-state index in [1.807, 2.05) is 0 Å². The van der Waals surface area contributed by atoms with Crippen LogP contribution in [0.2, 0.25) is 5.02 Å². The Morgan fingerprint density at radius 3 is 2.53 bits per heavy atom. The molecule has 11 heteroatoms. The lowest BCUT2D eigenvalue weighted by atomic mass is 10.2. The molecule has 3 rings (SSSR count). The monoisotopic (exact) mass is 430 g/mol. The molecule has 0 spiro atoms. The normalized spacial score (nSPS) is 10.5. The number of rotatable bonds is 6. The number of H-pyrrole nitrogens is 1. The Labute approximate surface area is 174 Å². The molecular formula is C19H15ClN4O6. The highest BCUT2D eigenvalue weighted by atomic mass is 35.5. The number of imidazole rings is 1. The number of nitrogens with one attached hydrogen (secondary N) is 2. The molecule has 0 aliphatic carbocycles. The molecule has 2 N–H and O–H groups in total. The van der Waals surface area contributed by atoms with Crippen LogP contribution in [-0.4, -0.2) is 33.0 Å². The molecular weight excluding hydrogens is 416 g/mol. The summed E-state index contributed by atoms with van der Waals surface area (Å²) in [6, 6.07) is 9.81. The van der Waals surface area contributed by atoms with E-state index in [1.54, 1.807) is 25.3 Å². The average Bonchev–Trinajstić information content (AvgIpc) is 3.05. The van der Waals surface area contributed by atoms with Gasteiger partial charge in [-0.15, -0.1) is 0 Å². The predicted octanol–water partition coefficient (Wildman–Crippen LogP) is 2.83. The van der Waals surface area contributed by atoms with Crippen molar-refractivity contribution in [1.29, 1.82) is 0 Å². The van der Waals surface area contributed by atoms with E-state index in [1.165, 1.54) is 28.8 Å². The van der Waals surface area contributed by atoms with Crippen LogP contribution in [0, 0.1) is 17.0 Å². The van der Waals surface area contributed by atoms with Crippen molar-refractivity contribution in [3.05, 3.63) is 85.5 Å². The molecule has 2 aromatic carbocycles. The summed E-state index contributed by atoms with van der Waals surface area (Å²) in [7, 11) is 0. The second-order valence-corrected chi connectivity index (χ2v) is 6.60. The van der Waals surface area contributed by atoms with E-state index in [9.17, 15) is 24.5 Å². The number of anilines is 1. The van der Waals surface area contributed by atoms with E-state index in [0.717, 1.165) is 6.07 Å². The quantitative estimate of drug-likeness (QED) is 0.350. The Morgan fingerprint density at radius 1 is 1.23 bits per heavy atom. The molecule has 0 radical (unpaired) electrons. The van der Waals surface area contributed by atoms with Gasteiger partial charge in [-0.3, -0.25) is 19.5 Å². The van der Waals surface area contributed by atoms with Gasteiger partial charge in [-0.05, 0) is 43.3 Å². The van der Waals surface area contributed by atoms with Crippen LogP contribution >= 0.6 is 11.6 Å². The lowest BCUT2D eigenvalue weighted by molar-refractivity contribution is -0.383. The molecule has 0 aliphatic heterocycles. The number of ether oxygens (including phenoxy) is 1.